The van der Waals surface area contributed by atoms with Crippen molar-refractivity contribution in [3.63, 3.8) is 0 Å². The Labute approximate surface area is 197 Å². The second kappa shape index (κ2) is 8.58. The van der Waals surface area contributed by atoms with Crippen molar-refractivity contribution in [2.75, 3.05) is 13.1 Å². The predicted molar refractivity (Wildman–Crippen MR) is 129 cm³/mol. The molecule has 1 N–H and O–H groups in total. The predicted octanol–water partition coefficient (Wildman–Crippen LogP) is 4.61. The molecule has 0 radical (unpaired) electrons. The maximum Gasteiger partial charge on any atom is 0.228 e. The fourth-order valence-electron chi connectivity index (χ4n) is 6.10. The summed E-state index contributed by atoms with van der Waals surface area (Å²) < 4.78 is 0. The van der Waals surface area contributed by atoms with Crippen molar-refractivity contribution >= 4 is 11.8 Å². The number of piperidine rings is 1. The molecule has 2 atom stereocenters. The zero-order valence-electron chi connectivity index (χ0n) is 19.8. The summed E-state index contributed by atoms with van der Waals surface area (Å²) in [6.45, 7) is 5.30. The summed E-state index contributed by atoms with van der Waals surface area (Å²) in [7, 11) is 0. The number of rotatable bonds is 6. The summed E-state index contributed by atoms with van der Waals surface area (Å²) in [5.41, 5.74) is 3.09. The molecule has 2 aliphatic carbocycles. The minimum atomic E-state index is -0.608. The summed E-state index contributed by atoms with van der Waals surface area (Å²) in [5, 5.41) is 3.19. The monoisotopic (exact) mass is 445 g/mol. The van der Waals surface area contributed by atoms with Crippen LogP contribution in [0.5, 0.6) is 0 Å². The van der Waals surface area contributed by atoms with Crippen LogP contribution in [0.15, 0.2) is 48.8 Å². The minimum Gasteiger partial charge on any atom is -0.353 e. The molecule has 3 fully saturated rings. The zero-order valence-corrected chi connectivity index (χ0v) is 19.8. The van der Waals surface area contributed by atoms with Gasteiger partial charge in [-0.15, -0.1) is 0 Å². The van der Waals surface area contributed by atoms with Gasteiger partial charge < -0.3 is 10.2 Å². The molecule has 0 unspecified atom stereocenters. The van der Waals surface area contributed by atoms with Gasteiger partial charge in [-0.05, 0) is 86.6 Å². The van der Waals surface area contributed by atoms with E-state index < -0.39 is 5.41 Å². The minimum absolute atomic E-state index is 0.0672. The number of nitrogens with zero attached hydrogens (tertiary/aromatic N) is 2. The second-order valence-electron chi connectivity index (χ2n) is 10.8. The van der Waals surface area contributed by atoms with E-state index in [1.165, 1.54) is 19.3 Å². The normalized spacial score (nSPS) is 25.5. The van der Waals surface area contributed by atoms with Crippen LogP contribution in [0.1, 0.15) is 57.9 Å². The van der Waals surface area contributed by atoms with E-state index in [2.05, 4.69) is 22.4 Å². The summed E-state index contributed by atoms with van der Waals surface area (Å²) in [5.74, 6) is 0.562. The zero-order chi connectivity index (χ0) is 23.1. The Hall–Kier alpha value is -2.69. The highest BCUT2D eigenvalue weighted by atomic mass is 16.2. The first-order valence-corrected chi connectivity index (χ1v) is 12.5. The van der Waals surface area contributed by atoms with E-state index in [9.17, 15) is 9.59 Å². The third-order valence-electron chi connectivity index (χ3n) is 8.16. The molecule has 1 aromatic heterocycles. The van der Waals surface area contributed by atoms with Crippen molar-refractivity contribution in [3.05, 3.63) is 54.4 Å². The average molecular weight is 446 g/mol. The van der Waals surface area contributed by atoms with Crippen LogP contribution in [-0.2, 0) is 16.0 Å². The maximum atomic E-state index is 13.7. The van der Waals surface area contributed by atoms with Crippen molar-refractivity contribution < 1.29 is 9.59 Å². The molecular formula is C28H35N3O2. The average Bonchev–Trinajstić information content (AvgIpc) is 3.56. The van der Waals surface area contributed by atoms with Gasteiger partial charge in [0.05, 0.1) is 5.41 Å². The molecule has 2 saturated carbocycles. The molecule has 2 heterocycles. The lowest BCUT2D eigenvalue weighted by molar-refractivity contribution is -0.143. The smallest absolute Gasteiger partial charge is 0.228 e. The Morgan fingerprint density at radius 2 is 1.85 bits per heavy atom. The van der Waals surface area contributed by atoms with E-state index in [0.29, 0.717) is 24.3 Å². The lowest BCUT2D eigenvalue weighted by Gasteiger charge is -2.43. The van der Waals surface area contributed by atoms with Crippen LogP contribution in [0, 0.1) is 16.7 Å². The quantitative estimate of drug-likeness (QED) is 0.706. The summed E-state index contributed by atoms with van der Waals surface area (Å²) in [6, 6.07) is 12.4. The van der Waals surface area contributed by atoms with E-state index in [1.54, 1.807) is 12.4 Å². The number of aromatic nitrogens is 1. The molecule has 1 aliphatic heterocycles. The molecule has 33 heavy (non-hydrogen) atoms. The molecule has 1 aromatic carbocycles. The van der Waals surface area contributed by atoms with Crippen LogP contribution < -0.4 is 5.32 Å². The van der Waals surface area contributed by atoms with Gasteiger partial charge in [-0.2, -0.15) is 0 Å². The Morgan fingerprint density at radius 3 is 2.52 bits per heavy atom. The van der Waals surface area contributed by atoms with E-state index in [0.717, 1.165) is 42.5 Å². The highest BCUT2D eigenvalue weighted by molar-refractivity contribution is 5.87. The molecule has 0 bridgehead atoms. The third-order valence-corrected chi connectivity index (χ3v) is 8.16. The SMILES string of the molecule is CC(C)NC(=O)[C@@]1(Cc2ccccc2-c2ccncc2)CCCN(C(=O)[C@@H]2CC23CCC3)C1. The molecule has 5 nitrogen and oxygen atoms in total. The van der Waals surface area contributed by atoms with Crippen LogP contribution >= 0.6 is 0 Å². The van der Waals surface area contributed by atoms with Gasteiger partial charge in [0.2, 0.25) is 11.8 Å². The van der Waals surface area contributed by atoms with Crippen LogP contribution in [0.25, 0.3) is 11.1 Å². The van der Waals surface area contributed by atoms with Crippen molar-refractivity contribution in [3.8, 4) is 11.1 Å². The van der Waals surface area contributed by atoms with Crippen LogP contribution in [0.4, 0.5) is 0 Å². The summed E-state index contributed by atoms with van der Waals surface area (Å²) in [4.78, 5) is 33.3. The third kappa shape index (κ3) is 4.18. The van der Waals surface area contributed by atoms with Crippen LogP contribution in [0.2, 0.25) is 0 Å². The van der Waals surface area contributed by atoms with Gasteiger partial charge in [-0.3, -0.25) is 14.6 Å². The molecule has 1 spiro atoms. The fraction of sp³-hybridized carbons (Fsp3) is 0.536. The molecule has 5 rings (SSSR count). The largest absolute Gasteiger partial charge is 0.353 e. The first-order valence-electron chi connectivity index (χ1n) is 12.5. The van der Waals surface area contributed by atoms with Gasteiger partial charge in [0.25, 0.3) is 0 Å². The van der Waals surface area contributed by atoms with Crippen LogP contribution in [0.3, 0.4) is 0 Å². The molecule has 2 aromatic rings. The Kier molecular flexibility index (Phi) is 5.75. The number of nitrogens with one attached hydrogen (secondary N) is 1. The molecule has 3 aliphatic rings. The van der Waals surface area contributed by atoms with Crippen molar-refractivity contribution in [1.82, 2.24) is 15.2 Å². The summed E-state index contributed by atoms with van der Waals surface area (Å²) in [6.07, 6.45) is 10.6. The van der Waals surface area contributed by atoms with E-state index in [1.807, 2.05) is 43.0 Å². The number of hydrogen-bond donors (Lipinski definition) is 1. The highest BCUT2D eigenvalue weighted by Gasteiger charge is 2.62. The van der Waals surface area contributed by atoms with Gasteiger partial charge in [-0.1, -0.05) is 30.7 Å². The molecule has 2 amide bonds. The van der Waals surface area contributed by atoms with Crippen LogP contribution in [-0.4, -0.2) is 40.8 Å². The first-order chi connectivity index (χ1) is 15.9. The fourth-order valence-corrected chi connectivity index (χ4v) is 6.10. The second-order valence-corrected chi connectivity index (χ2v) is 10.8. The summed E-state index contributed by atoms with van der Waals surface area (Å²) >= 11 is 0. The number of carbonyl (C=O) groups is 2. The van der Waals surface area contributed by atoms with Gasteiger partial charge in [0.1, 0.15) is 0 Å². The highest BCUT2D eigenvalue weighted by Crippen LogP contribution is 2.66. The Bertz CT molecular complexity index is 1030. The number of pyridine rings is 1. The first kappa shape index (κ1) is 22.1. The number of amides is 2. The molecular weight excluding hydrogens is 410 g/mol. The number of benzene rings is 1. The van der Waals surface area contributed by atoms with Gasteiger partial charge in [0, 0.05) is 37.4 Å². The maximum absolute atomic E-state index is 13.7. The topological polar surface area (TPSA) is 62.3 Å². The number of hydrogen-bond acceptors (Lipinski definition) is 3. The van der Waals surface area contributed by atoms with E-state index >= 15 is 0 Å². The number of carbonyl (C=O) groups excluding carboxylic acids is 2. The molecule has 1 saturated heterocycles. The van der Waals surface area contributed by atoms with Crippen molar-refractivity contribution in [1.29, 1.82) is 0 Å². The Balaban J connectivity index is 1.44. The lowest BCUT2D eigenvalue weighted by atomic mass is 9.72. The van der Waals surface area contributed by atoms with Gasteiger partial charge in [0.15, 0.2) is 0 Å². The van der Waals surface area contributed by atoms with Gasteiger partial charge in [-0.25, -0.2) is 0 Å². The Morgan fingerprint density at radius 1 is 1.09 bits per heavy atom. The molecule has 174 valence electrons. The van der Waals surface area contributed by atoms with Crippen molar-refractivity contribution in [2.45, 2.75) is 64.8 Å². The van der Waals surface area contributed by atoms with E-state index in [-0.39, 0.29) is 17.9 Å². The van der Waals surface area contributed by atoms with Crippen molar-refractivity contribution in [2.24, 2.45) is 16.7 Å². The van der Waals surface area contributed by atoms with Gasteiger partial charge >= 0.3 is 0 Å². The van der Waals surface area contributed by atoms with E-state index in [4.69, 9.17) is 0 Å². The lowest BCUT2D eigenvalue weighted by Crippen LogP contribution is -2.56. The standard InChI is InChI=1S/C28H35N3O2/c1-20(2)30-26(33)28(17-22-7-3-4-8-23(22)21-9-14-29-15-10-21)13-6-16-31(19-28)25(32)24-18-27(24)11-5-12-27/h3-4,7-10,14-15,20,24H,5-6,11-13,16-19H2,1-2H3,(H,30,33)/t24-,28+/m0/s1. The number of likely N-dealkylation sites (tertiary alicyclic amines) is 1. The molecule has 5 heteroatoms.